The van der Waals surface area contributed by atoms with Crippen molar-refractivity contribution in [2.75, 3.05) is 6.61 Å². The van der Waals surface area contributed by atoms with E-state index in [0.29, 0.717) is 23.6 Å². The molecule has 1 aliphatic heterocycles. The number of fused-ring (bicyclic) bond motifs is 1. The van der Waals surface area contributed by atoms with E-state index in [2.05, 4.69) is 15.0 Å². The number of halogens is 2. The summed E-state index contributed by atoms with van der Waals surface area (Å²) in [5.74, 6) is 0.463. The zero-order chi connectivity index (χ0) is 14.3. The van der Waals surface area contributed by atoms with E-state index in [9.17, 15) is 5.11 Å². The first-order valence-corrected chi connectivity index (χ1v) is 7.24. The van der Waals surface area contributed by atoms with E-state index >= 15 is 0 Å². The lowest BCUT2D eigenvalue weighted by Gasteiger charge is -2.26. The van der Waals surface area contributed by atoms with Crippen LogP contribution in [0.15, 0.2) is 0 Å². The molecule has 0 saturated carbocycles. The number of rotatable bonds is 2. The average molecular weight is 317 g/mol. The number of hydrogen-bond donors (Lipinski definition) is 1. The van der Waals surface area contributed by atoms with Crippen LogP contribution in [0.2, 0.25) is 10.4 Å². The molecule has 1 fully saturated rings. The van der Waals surface area contributed by atoms with Gasteiger partial charge in [0, 0.05) is 6.61 Å². The molecule has 108 valence electrons. The Morgan fingerprint density at radius 3 is 2.75 bits per heavy atom. The summed E-state index contributed by atoms with van der Waals surface area (Å²) >= 11 is 11.9. The third-order valence-electron chi connectivity index (χ3n) is 3.31. The molecular weight excluding hydrogens is 303 g/mol. The fourth-order valence-corrected chi connectivity index (χ4v) is 2.85. The maximum Gasteiger partial charge on any atom is 0.225 e. The van der Waals surface area contributed by atoms with Gasteiger partial charge in [-0.05, 0) is 37.8 Å². The van der Waals surface area contributed by atoms with Crippen LogP contribution in [0, 0.1) is 0 Å². The standard InChI is InChI=1S/C12H14Cl2N4O2/c1-6(19)10-15-8-9(13)16-12(14)17-11(8)18(10)7-4-2-3-5-20-7/h6-7,19H,2-5H2,1H3. The van der Waals surface area contributed by atoms with Crippen LogP contribution in [0.5, 0.6) is 0 Å². The molecule has 1 N–H and O–H groups in total. The number of ether oxygens (including phenoxy) is 1. The molecule has 2 atom stereocenters. The van der Waals surface area contributed by atoms with Gasteiger partial charge in [-0.3, -0.25) is 4.57 Å². The Balaban J connectivity index is 2.22. The van der Waals surface area contributed by atoms with Gasteiger partial charge in [0.15, 0.2) is 10.8 Å². The normalized spacial score (nSPS) is 21.3. The Hall–Kier alpha value is -0.950. The van der Waals surface area contributed by atoms with E-state index in [1.54, 1.807) is 11.5 Å². The Morgan fingerprint density at radius 2 is 2.10 bits per heavy atom. The molecule has 3 rings (SSSR count). The summed E-state index contributed by atoms with van der Waals surface area (Å²) in [6, 6.07) is 0. The average Bonchev–Trinajstić information content (AvgIpc) is 2.79. The van der Waals surface area contributed by atoms with Gasteiger partial charge >= 0.3 is 0 Å². The Kier molecular flexibility index (Phi) is 3.81. The van der Waals surface area contributed by atoms with Crippen molar-refractivity contribution in [1.29, 1.82) is 0 Å². The first kappa shape index (κ1) is 14.0. The molecule has 1 aliphatic rings. The lowest BCUT2D eigenvalue weighted by atomic mass is 10.2. The summed E-state index contributed by atoms with van der Waals surface area (Å²) in [5.41, 5.74) is 0.930. The van der Waals surface area contributed by atoms with Crippen LogP contribution in [-0.2, 0) is 4.74 Å². The van der Waals surface area contributed by atoms with Gasteiger partial charge < -0.3 is 9.84 Å². The van der Waals surface area contributed by atoms with Crippen molar-refractivity contribution >= 4 is 34.4 Å². The molecule has 3 heterocycles. The van der Waals surface area contributed by atoms with Crippen molar-refractivity contribution in [3.05, 3.63) is 16.3 Å². The number of aliphatic hydroxyl groups excluding tert-OH is 1. The Bertz CT molecular complexity index is 638. The first-order valence-electron chi connectivity index (χ1n) is 6.48. The highest BCUT2D eigenvalue weighted by atomic mass is 35.5. The topological polar surface area (TPSA) is 73.1 Å². The molecule has 6 nitrogen and oxygen atoms in total. The van der Waals surface area contributed by atoms with Crippen molar-refractivity contribution in [2.24, 2.45) is 0 Å². The van der Waals surface area contributed by atoms with Crippen LogP contribution in [0.25, 0.3) is 11.2 Å². The quantitative estimate of drug-likeness (QED) is 0.681. The van der Waals surface area contributed by atoms with Crippen LogP contribution >= 0.6 is 23.2 Å². The third-order valence-corrected chi connectivity index (χ3v) is 3.75. The second-order valence-electron chi connectivity index (χ2n) is 4.79. The van der Waals surface area contributed by atoms with Gasteiger partial charge in [-0.2, -0.15) is 4.98 Å². The van der Waals surface area contributed by atoms with Crippen LogP contribution < -0.4 is 0 Å². The van der Waals surface area contributed by atoms with Crippen molar-refractivity contribution in [3.8, 4) is 0 Å². The smallest absolute Gasteiger partial charge is 0.225 e. The van der Waals surface area contributed by atoms with E-state index in [1.807, 2.05) is 0 Å². The predicted octanol–water partition coefficient (Wildman–Crippen LogP) is 2.89. The van der Waals surface area contributed by atoms with E-state index in [4.69, 9.17) is 27.9 Å². The molecule has 0 amide bonds. The minimum atomic E-state index is -0.760. The molecule has 2 aromatic rings. The molecule has 0 spiro atoms. The molecule has 2 aromatic heterocycles. The van der Waals surface area contributed by atoms with Crippen LogP contribution in [0.4, 0.5) is 0 Å². The molecule has 2 unspecified atom stereocenters. The minimum Gasteiger partial charge on any atom is -0.385 e. The van der Waals surface area contributed by atoms with Gasteiger partial charge in [-0.15, -0.1) is 0 Å². The van der Waals surface area contributed by atoms with Gasteiger partial charge in [0.25, 0.3) is 0 Å². The molecule has 0 aromatic carbocycles. The fourth-order valence-electron chi connectivity index (χ4n) is 2.44. The number of aromatic nitrogens is 4. The molecule has 8 heteroatoms. The van der Waals surface area contributed by atoms with Crippen LogP contribution in [0.1, 0.15) is 44.3 Å². The van der Waals surface area contributed by atoms with Crippen molar-refractivity contribution < 1.29 is 9.84 Å². The minimum absolute atomic E-state index is 0.0524. The van der Waals surface area contributed by atoms with E-state index in [0.717, 1.165) is 19.3 Å². The number of hydrogen-bond acceptors (Lipinski definition) is 5. The zero-order valence-corrected chi connectivity index (χ0v) is 12.4. The maximum absolute atomic E-state index is 9.93. The van der Waals surface area contributed by atoms with E-state index < -0.39 is 6.10 Å². The lowest BCUT2D eigenvalue weighted by molar-refractivity contribution is -0.0344. The largest absolute Gasteiger partial charge is 0.385 e. The highest BCUT2D eigenvalue weighted by Crippen LogP contribution is 2.32. The summed E-state index contributed by atoms with van der Waals surface area (Å²) in [5, 5.41) is 10.2. The van der Waals surface area contributed by atoms with Gasteiger partial charge in [0.2, 0.25) is 5.28 Å². The van der Waals surface area contributed by atoms with Gasteiger partial charge in [0.05, 0.1) is 0 Å². The van der Waals surface area contributed by atoms with Gasteiger partial charge in [0.1, 0.15) is 23.7 Å². The summed E-state index contributed by atoms with van der Waals surface area (Å²) in [4.78, 5) is 12.4. The van der Waals surface area contributed by atoms with Crippen LogP contribution in [0.3, 0.4) is 0 Å². The summed E-state index contributed by atoms with van der Waals surface area (Å²) in [7, 11) is 0. The Morgan fingerprint density at radius 1 is 1.30 bits per heavy atom. The highest BCUT2D eigenvalue weighted by molar-refractivity contribution is 6.35. The first-order chi connectivity index (χ1) is 9.58. The lowest BCUT2D eigenvalue weighted by Crippen LogP contribution is -2.21. The molecule has 1 saturated heterocycles. The molecule has 20 heavy (non-hydrogen) atoms. The monoisotopic (exact) mass is 316 g/mol. The zero-order valence-electron chi connectivity index (χ0n) is 10.9. The third kappa shape index (κ3) is 2.37. The highest BCUT2D eigenvalue weighted by Gasteiger charge is 2.26. The molecular formula is C12H14Cl2N4O2. The second kappa shape index (κ2) is 5.44. The van der Waals surface area contributed by atoms with Gasteiger partial charge in [-0.1, -0.05) is 11.6 Å². The Labute approximate surface area is 125 Å². The predicted molar refractivity (Wildman–Crippen MR) is 74.8 cm³/mol. The van der Waals surface area contributed by atoms with Crippen LogP contribution in [-0.4, -0.2) is 31.2 Å². The summed E-state index contributed by atoms with van der Waals surface area (Å²) < 4.78 is 7.54. The molecule has 0 radical (unpaired) electrons. The number of aliphatic hydroxyl groups is 1. The van der Waals surface area contributed by atoms with Gasteiger partial charge in [-0.25, -0.2) is 9.97 Å². The number of imidazole rings is 1. The maximum atomic E-state index is 9.93. The number of nitrogens with zero attached hydrogens (tertiary/aromatic N) is 4. The summed E-state index contributed by atoms with van der Waals surface area (Å²) in [6.45, 7) is 2.32. The van der Waals surface area contributed by atoms with Crippen molar-refractivity contribution in [3.63, 3.8) is 0 Å². The molecule has 0 aliphatic carbocycles. The molecule has 0 bridgehead atoms. The summed E-state index contributed by atoms with van der Waals surface area (Å²) in [6.07, 6.45) is 1.95. The fraction of sp³-hybridized carbons (Fsp3) is 0.583. The van der Waals surface area contributed by atoms with Crippen molar-refractivity contribution in [2.45, 2.75) is 38.5 Å². The SMILES string of the molecule is CC(O)c1nc2c(Cl)nc(Cl)nc2n1C1CCCCO1. The van der Waals surface area contributed by atoms with E-state index in [-0.39, 0.29) is 16.7 Å². The second-order valence-corrected chi connectivity index (χ2v) is 5.49. The van der Waals surface area contributed by atoms with E-state index in [1.165, 1.54) is 0 Å². The van der Waals surface area contributed by atoms with Crippen molar-refractivity contribution in [1.82, 2.24) is 19.5 Å².